The summed E-state index contributed by atoms with van der Waals surface area (Å²) in [6, 6.07) is 17.4. The quantitative estimate of drug-likeness (QED) is 0.577. The van der Waals surface area contributed by atoms with Crippen molar-refractivity contribution in [2.75, 3.05) is 14.2 Å². The van der Waals surface area contributed by atoms with Crippen LogP contribution in [-0.2, 0) is 13.6 Å². The number of hydrogen-bond donors (Lipinski definition) is 0. The molecule has 0 spiro atoms. The molecule has 0 aliphatic carbocycles. The van der Waals surface area contributed by atoms with E-state index in [1.165, 1.54) is 14.2 Å². The maximum atomic E-state index is 12.9. The van der Waals surface area contributed by atoms with Gasteiger partial charge in [-0.15, -0.1) is 0 Å². The Morgan fingerprint density at radius 3 is 2.10 bits per heavy atom. The second-order valence-electron chi connectivity index (χ2n) is 4.61. The van der Waals surface area contributed by atoms with Crippen LogP contribution in [0.15, 0.2) is 54.6 Å². The standard InChI is InChI=1S/C17H19O3P/c1-14-9-7-8-12-16(14)13-17(21(18,19-2)20-3)15-10-5-4-6-11-15/h4-13H,1-3H3/b17-13+. The second kappa shape index (κ2) is 6.86. The fourth-order valence-electron chi connectivity index (χ4n) is 2.10. The third kappa shape index (κ3) is 3.51. The first kappa shape index (κ1) is 15.7. The predicted molar refractivity (Wildman–Crippen MR) is 87.1 cm³/mol. The summed E-state index contributed by atoms with van der Waals surface area (Å²) in [5, 5.41) is 0.558. The Balaban J connectivity index is 2.62. The average Bonchev–Trinajstić information content (AvgIpc) is 2.54. The molecule has 0 amide bonds. The molecule has 0 bridgehead atoms. The Labute approximate surface area is 125 Å². The summed E-state index contributed by atoms with van der Waals surface area (Å²) in [7, 11) is -0.534. The van der Waals surface area contributed by atoms with E-state index in [9.17, 15) is 4.57 Å². The lowest BCUT2D eigenvalue weighted by atomic mass is 10.1. The smallest absolute Gasteiger partial charge is 0.309 e. The minimum Gasteiger partial charge on any atom is -0.309 e. The maximum Gasteiger partial charge on any atom is 0.361 e. The largest absolute Gasteiger partial charge is 0.361 e. The number of hydrogen-bond acceptors (Lipinski definition) is 3. The van der Waals surface area contributed by atoms with Crippen LogP contribution in [-0.4, -0.2) is 14.2 Å². The first-order valence-corrected chi connectivity index (χ1v) is 8.20. The highest BCUT2D eigenvalue weighted by Crippen LogP contribution is 2.59. The lowest BCUT2D eigenvalue weighted by molar-refractivity contribution is 0.288. The van der Waals surface area contributed by atoms with Gasteiger partial charge >= 0.3 is 7.60 Å². The lowest BCUT2D eigenvalue weighted by Crippen LogP contribution is -1.94. The molecule has 0 heterocycles. The molecule has 0 saturated heterocycles. The molecule has 0 aliphatic heterocycles. The van der Waals surface area contributed by atoms with Gasteiger partial charge in [-0.05, 0) is 29.7 Å². The van der Waals surface area contributed by atoms with Crippen LogP contribution in [0.1, 0.15) is 16.7 Å². The van der Waals surface area contributed by atoms with E-state index >= 15 is 0 Å². The van der Waals surface area contributed by atoms with E-state index in [0.29, 0.717) is 5.31 Å². The molecule has 0 aromatic heterocycles. The van der Waals surface area contributed by atoms with E-state index in [1.807, 2.05) is 67.6 Å². The molecule has 4 heteroatoms. The van der Waals surface area contributed by atoms with E-state index in [0.717, 1.165) is 16.7 Å². The van der Waals surface area contributed by atoms with Gasteiger partial charge in [0.15, 0.2) is 0 Å². The van der Waals surface area contributed by atoms with Crippen molar-refractivity contribution in [3.05, 3.63) is 71.3 Å². The van der Waals surface area contributed by atoms with Gasteiger partial charge in [-0.1, -0.05) is 54.6 Å². The molecule has 0 unspecified atom stereocenters. The molecule has 0 radical (unpaired) electrons. The summed E-state index contributed by atoms with van der Waals surface area (Å²) in [5.74, 6) is 0. The summed E-state index contributed by atoms with van der Waals surface area (Å²) < 4.78 is 23.2. The predicted octanol–water partition coefficient (Wildman–Crippen LogP) is 4.98. The molecule has 21 heavy (non-hydrogen) atoms. The SMILES string of the molecule is COP(=O)(OC)/C(=C/c1ccccc1C)c1ccccc1. The molecule has 2 aromatic carbocycles. The number of rotatable bonds is 5. The van der Waals surface area contributed by atoms with Crippen molar-refractivity contribution in [1.82, 2.24) is 0 Å². The van der Waals surface area contributed by atoms with E-state index in [-0.39, 0.29) is 0 Å². The van der Waals surface area contributed by atoms with Gasteiger partial charge < -0.3 is 9.05 Å². The van der Waals surface area contributed by atoms with Crippen molar-refractivity contribution in [2.24, 2.45) is 0 Å². The van der Waals surface area contributed by atoms with Crippen LogP contribution in [0.3, 0.4) is 0 Å². The van der Waals surface area contributed by atoms with Crippen LogP contribution in [0.5, 0.6) is 0 Å². The van der Waals surface area contributed by atoms with Crippen molar-refractivity contribution in [3.63, 3.8) is 0 Å². The average molecular weight is 302 g/mol. The van der Waals surface area contributed by atoms with Crippen molar-refractivity contribution in [1.29, 1.82) is 0 Å². The second-order valence-corrected chi connectivity index (χ2v) is 6.82. The van der Waals surface area contributed by atoms with E-state index in [2.05, 4.69) is 0 Å². The van der Waals surface area contributed by atoms with Crippen molar-refractivity contribution >= 4 is 19.0 Å². The maximum absolute atomic E-state index is 12.9. The van der Waals surface area contributed by atoms with Gasteiger partial charge in [0.25, 0.3) is 0 Å². The fraction of sp³-hybridized carbons (Fsp3) is 0.176. The highest BCUT2D eigenvalue weighted by Gasteiger charge is 2.28. The molecule has 2 rings (SSSR count). The van der Waals surface area contributed by atoms with Gasteiger partial charge in [0.05, 0.1) is 5.31 Å². The minimum absolute atomic E-state index is 0.558. The molecule has 0 N–H and O–H groups in total. The summed E-state index contributed by atoms with van der Waals surface area (Å²) in [5.41, 5.74) is 2.92. The first-order chi connectivity index (χ1) is 10.1. The molecule has 0 aliphatic rings. The third-order valence-electron chi connectivity index (χ3n) is 3.33. The Kier molecular flexibility index (Phi) is 5.13. The molecule has 110 valence electrons. The first-order valence-electron chi connectivity index (χ1n) is 6.65. The Bertz CT molecular complexity index is 669. The number of benzene rings is 2. The zero-order valence-corrected chi connectivity index (χ0v) is 13.3. The van der Waals surface area contributed by atoms with Crippen molar-refractivity contribution in [3.8, 4) is 0 Å². The monoisotopic (exact) mass is 302 g/mol. The van der Waals surface area contributed by atoms with E-state index < -0.39 is 7.60 Å². The highest BCUT2D eigenvalue weighted by atomic mass is 31.2. The van der Waals surface area contributed by atoms with Crippen LogP contribution < -0.4 is 0 Å². The van der Waals surface area contributed by atoms with Crippen LogP contribution in [0.4, 0.5) is 0 Å². The Hall–Kier alpha value is -1.67. The molecular formula is C17H19O3P. The van der Waals surface area contributed by atoms with Gasteiger partial charge in [-0.3, -0.25) is 4.57 Å². The molecule has 3 nitrogen and oxygen atoms in total. The summed E-state index contributed by atoms with van der Waals surface area (Å²) in [6.45, 7) is 2.01. The van der Waals surface area contributed by atoms with Crippen LogP contribution in [0.2, 0.25) is 0 Å². The molecule has 2 aromatic rings. The zero-order valence-electron chi connectivity index (χ0n) is 12.4. The number of aryl methyl sites for hydroxylation is 1. The molecule has 0 fully saturated rings. The van der Waals surface area contributed by atoms with Gasteiger partial charge in [0.1, 0.15) is 0 Å². The van der Waals surface area contributed by atoms with E-state index in [1.54, 1.807) is 0 Å². The topological polar surface area (TPSA) is 35.5 Å². The molecule has 0 atom stereocenters. The Morgan fingerprint density at radius 1 is 0.952 bits per heavy atom. The summed E-state index contributed by atoms with van der Waals surface area (Å²) in [4.78, 5) is 0. The summed E-state index contributed by atoms with van der Waals surface area (Å²) >= 11 is 0. The summed E-state index contributed by atoms with van der Waals surface area (Å²) in [6.07, 6.45) is 1.87. The van der Waals surface area contributed by atoms with Crippen LogP contribution in [0, 0.1) is 6.92 Å². The van der Waals surface area contributed by atoms with Gasteiger partial charge in [0.2, 0.25) is 0 Å². The zero-order chi connectivity index (χ0) is 15.3. The minimum atomic E-state index is -3.34. The lowest BCUT2D eigenvalue weighted by Gasteiger charge is -2.18. The molecule has 0 saturated carbocycles. The van der Waals surface area contributed by atoms with Crippen molar-refractivity contribution < 1.29 is 13.6 Å². The van der Waals surface area contributed by atoms with Gasteiger partial charge in [-0.2, -0.15) is 0 Å². The Morgan fingerprint density at radius 2 is 1.52 bits per heavy atom. The molecular weight excluding hydrogens is 283 g/mol. The van der Waals surface area contributed by atoms with E-state index in [4.69, 9.17) is 9.05 Å². The van der Waals surface area contributed by atoms with Crippen LogP contribution >= 0.6 is 7.60 Å². The third-order valence-corrected chi connectivity index (χ3v) is 5.26. The fourth-order valence-corrected chi connectivity index (χ4v) is 3.40. The van der Waals surface area contributed by atoms with Gasteiger partial charge in [-0.25, -0.2) is 0 Å². The van der Waals surface area contributed by atoms with Crippen LogP contribution in [0.25, 0.3) is 11.4 Å². The normalized spacial score (nSPS) is 12.4. The van der Waals surface area contributed by atoms with Gasteiger partial charge in [0, 0.05) is 14.2 Å². The van der Waals surface area contributed by atoms with Crippen molar-refractivity contribution in [2.45, 2.75) is 6.92 Å². The highest BCUT2D eigenvalue weighted by molar-refractivity contribution is 7.65.